The number of allylic oxidation sites excluding steroid dienone is 3. The van der Waals surface area contributed by atoms with Crippen LogP contribution in [0, 0.1) is 0 Å². The maximum atomic E-state index is 12.5. The Bertz CT molecular complexity index is 799. The molecule has 0 aliphatic carbocycles. The number of aliphatic hydroxyl groups excluding tert-OH is 1. The molecule has 48 heavy (non-hydrogen) atoms. The molecule has 0 aromatic carbocycles. The average molecular weight is 700 g/mol. The van der Waals surface area contributed by atoms with Crippen LogP contribution in [0.4, 0.5) is 0 Å². The third kappa shape index (κ3) is 36.3. The van der Waals surface area contributed by atoms with E-state index in [9.17, 15) is 14.5 Å². The highest BCUT2D eigenvalue weighted by Crippen LogP contribution is 2.35. The monoisotopic (exact) mass is 700 g/mol. The lowest BCUT2D eigenvalue weighted by atomic mass is 10.0. The zero-order valence-electron chi connectivity index (χ0n) is 31.4. The Labute approximate surface area is 296 Å². The first kappa shape index (κ1) is 47.0. The van der Waals surface area contributed by atoms with Crippen molar-refractivity contribution >= 4 is 13.7 Å². The van der Waals surface area contributed by atoms with Crippen molar-refractivity contribution in [2.75, 3.05) is 6.61 Å². The van der Waals surface area contributed by atoms with Gasteiger partial charge in [0, 0.05) is 6.42 Å². The fourth-order valence-corrected chi connectivity index (χ4v) is 6.40. The second-order valence-corrected chi connectivity index (χ2v) is 15.2. The lowest BCUT2D eigenvalue weighted by Crippen LogP contribution is -2.45. The van der Waals surface area contributed by atoms with Crippen LogP contribution in [0.15, 0.2) is 24.3 Å². The van der Waals surface area contributed by atoms with Gasteiger partial charge in [-0.05, 0) is 44.9 Å². The second-order valence-electron chi connectivity index (χ2n) is 14.0. The summed E-state index contributed by atoms with van der Waals surface area (Å²) < 4.78 is 15.9. The number of nitrogens with one attached hydrogen (secondary N) is 1. The van der Waals surface area contributed by atoms with Crippen molar-refractivity contribution in [1.29, 1.82) is 0 Å². The number of unbranched alkanes of at least 4 members (excludes halogenated alkanes) is 26. The number of phosphoric ester groups is 1. The van der Waals surface area contributed by atoms with E-state index in [1.165, 1.54) is 148 Å². The fraction of sp³-hybridized carbons (Fsp3) is 0.875. The minimum Gasteiger partial charge on any atom is -0.387 e. The Morgan fingerprint density at radius 3 is 1.33 bits per heavy atom. The highest BCUT2D eigenvalue weighted by atomic mass is 31.2. The summed E-state index contributed by atoms with van der Waals surface area (Å²) in [5, 5.41) is 13.3. The summed E-state index contributed by atoms with van der Waals surface area (Å²) in [6.07, 6.45) is 43.4. The van der Waals surface area contributed by atoms with Crippen LogP contribution in [0.3, 0.4) is 0 Å². The van der Waals surface area contributed by atoms with Crippen molar-refractivity contribution < 1.29 is 28.8 Å². The van der Waals surface area contributed by atoms with Gasteiger partial charge >= 0.3 is 7.82 Å². The number of carbonyl (C=O) groups excluding carboxylic acids is 1. The summed E-state index contributed by atoms with van der Waals surface area (Å²) >= 11 is 0. The first-order valence-electron chi connectivity index (χ1n) is 20.3. The molecular formula is C40H78NO6P. The normalized spacial score (nSPS) is 13.5. The van der Waals surface area contributed by atoms with Crippen LogP contribution in [0.2, 0.25) is 0 Å². The van der Waals surface area contributed by atoms with Gasteiger partial charge in [0.1, 0.15) is 0 Å². The second kappa shape index (κ2) is 35.8. The van der Waals surface area contributed by atoms with E-state index in [1.54, 1.807) is 6.08 Å². The van der Waals surface area contributed by atoms with Crippen molar-refractivity contribution in [2.24, 2.45) is 0 Å². The Balaban J connectivity index is 3.90. The smallest absolute Gasteiger partial charge is 0.387 e. The zero-order valence-corrected chi connectivity index (χ0v) is 32.3. The molecular weight excluding hydrogens is 621 g/mol. The predicted octanol–water partition coefficient (Wildman–Crippen LogP) is 11.8. The molecule has 0 heterocycles. The average Bonchev–Trinajstić information content (AvgIpc) is 3.05. The van der Waals surface area contributed by atoms with Crippen LogP contribution in [-0.4, -0.2) is 39.6 Å². The van der Waals surface area contributed by atoms with Crippen molar-refractivity contribution in [3.05, 3.63) is 24.3 Å². The Morgan fingerprint density at radius 1 is 0.583 bits per heavy atom. The number of phosphoric acid groups is 1. The van der Waals surface area contributed by atoms with Gasteiger partial charge in [0.25, 0.3) is 0 Å². The quantitative estimate of drug-likeness (QED) is 0.0291. The molecule has 0 radical (unpaired) electrons. The first-order valence-corrected chi connectivity index (χ1v) is 21.8. The standard InChI is InChI=1S/C40H78NO6P/c1-3-5-7-9-11-13-15-16-17-18-19-20-21-22-23-24-26-28-30-32-34-36-40(43)41-38(37-47-48(44,45)46)39(42)35-33-31-29-27-25-14-12-10-8-6-4-2/h16-17,33,35,38-39,42H,3-15,18-32,34,36-37H2,1-2H3,(H,41,43)(H2,44,45,46)/b17-16-,35-33+/t38-,39+/m0/s1. The predicted molar refractivity (Wildman–Crippen MR) is 204 cm³/mol. The largest absolute Gasteiger partial charge is 0.469 e. The molecule has 0 aliphatic rings. The van der Waals surface area contributed by atoms with Crippen LogP contribution in [0.25, 0.3) is 0 Å². The third-order valence-corrected chi connectivity index (χ3v) is 9.64. The molecule has 7 nitrogen and oxygen atoms in total. The van der Waals surface area contributed by atoms with E-state index in [-0.39, 0.29) is 5.91 Å². The molecule has 284 valence electrons. The molecule has 0 bridgehead atoms. The van der Waals surface area contributed by atoms with E-state index in [1.807, 2.05) is 6.08 Å². The first-order chi connectivity index (χ1) is 23.3. The fourth-order valence-electron chi connectivity index (χ4n) is 6.04. The highest BCUT2D eigenvalue weighted by molar-refractivity contribution is 7.46. The van der Waals surface area contributed by atoms with E-state index in [0.29, 0.717) is 6.42 Å². The topological polar surface area (TPSA) is 116 Å². The number of hydrogen-bond donors (Lipinski definition) is 4. The SMILES string of the molecule is CCCCCCCC/C=C\CCCCCCCCCCCCCC(=O)N[C@@H](COP(=O)(O)O)[C@H](O)/C=C/CCCCCCCCCCC. The molecule has 0 saturated carbocycles. The Hall–Kier alpha value is -0.980. The van der Waals surface area contributed by atoms with E-state index < -0.39 is 26.6 Å². The zero-order chi connectivity index (χ0) is 35.4. The molecule has 4 N–H and O–H groups in total. The van der Waals surface area contributed by atoms with Crippen molar-refractivity contribution in [3.8, 4) is 0 Å². The number of carbonyl (C=O) groups is 1. The van der Waals surface area contributed by atoms with Crippen LogP contribution in [-0.2, 0) is 13.9 Å². The molecule has 8 heteroatoms. The summed E-state index contributed by atoms with van der Waals surface area (Å²) in [7, 11) is -4.71. The molecule has 0 aromatic heterocycles. The molecule has 0 spiro atoms. The maximum Gasteiger partial charge on any atom is 0.469 e. The lowest BCUT2D eigenvalue weighted by Gasteiger charge is -2.22. The summed E-state index contributed by atoms with van der Waals surface area (Å²) in [6, 6.07) is -0.907. The van der Waals surface area contributed by atoms with Crippen LogP contribution in [0.5, 0.6) is 0 Å². The van der Waals surface area contributed by atoms with Gasteiger partial charge in [-0.25, -0.2) is 4.57 Å². The van der Waals surface area contributed by atoms with Gasteiger partial charge in [-0.2, -0.15) is 0 Å². The molecule has 0 rings (SSSR count). The molecule has 0 aromatic rings. The Kier molecular flexibility index (Phi) is 35.1. The lowest BCUT2D eigenvalue weighted by molar-refractivity contribution is -0.123. The van der Waals surface area contributed by atoms with Crippen LogP contribution in [0.1, 0.15) is 206 Å². The van der Waals surface area contributed by atoms with E-state index in [2.05, 4.69) is 35.8 Å². The van der Waals surface area contributed by atoms with Crippen molar-refractivity contribution in [2.45, 2.75) is 219 Å². The third-order valence-electron chi connectivity index (χ3n) is 9.15. The molecule has 0 fully saturated rings. The highest BCUT2D eigenvalue weighted by Gasteiger charge is 2.24. The maximum absolute atomic E-state index is 12.5. The van der Waals surface area contributed by atoms with E-state index in [4.69, 9.17) is 9.79 Å². The van der Waals surface area contributed by atoms with Crippen LogP contribution < -0.4 is 5.32 Å². The molecule has 0 unspecified atom stereocenters. The van der Waals surface area contributed by atoms with Crippen LogP contribution >= 0.6 is 7.82 Å². The summed E-state index contributed by atoms with van der Waals surface area (Å²) in [5.41, 5.74) is 0. The summed E-state index contributed by atoms with van der Waals surface area (Å²) in [4.78, 5) is 30.8. The molecule has 2 atom stereocenters. The molecule has 1 amide bonds. The minimum absolute atomic E-state index is 0.228. The number of amides is 1. The van der Waals surface area contributed by atoms with Crippen molar-refractivity contribution in [1.82, 2.24) is 5.32 Å². The van der Waals surface area contributed by atoms with Gasteiger partial charge in [-0.15, -0.1) is 0 Å². The molecule has 0 saturated heterocycles. The van der Waals surface area contributed by atoms with Gasteiger partial charge in [0.15, 0.2) is 0 Å². The molecule has 0 aliphatic heterocycles. The van der Waals surface area contributed by atoms with Gasteiger partial charge in [-0.3, -0.25) is 9.32 Å². The van der Waals surface area contributed by atoms with E-state index >= 15 is 0 Å². The van der Waals surface area contributed by atoms with E-state index in [0.717, 1.165) is 38.5 Å². The summed E-state index contributed by atoms with van der Waals surface area (Å²) in [5.74, 6) is -0.228. The number of aliphatic hydroxyl groups is 1. The van der Waals surface area contributed by atoms with Gasteiger partial charge in [0.2, 0.25) is 5.91 Å². The summed E-state index contributed by atoms with van der Waals surface area (Å²) in [6.45, 7) is 4.05. The van der Waals surface area contributed by atoms with Gasteiger partial charge in [0.05, 0.1) is 18.8 Å². The van der Waals surface area contributed by atoms with Crippen molar-refractivity contribution in [3.63, 3.8) is 0 Å². The number of hydrogen-bond acceptors (Lipinski definition) is 4. The Morgan fingerprint density at radius 2 is 0.938 bits per heavy atom. The minimum atomic E-state index is -4.71. The number of rotatable bonds is 37. The van der Waals surface area contributed by atoms with Gasteiger partial charge in [-0.1, -0.05) is 179 Å². The van der Waals surface area contributed by atoms with Gasteiger partial charge < -0.3 is 20.2 Å².